The molecule has 2 aromatic heterocycles. The van der Waals surface area contributed by atoms with Crippen molar-refractivity contribution >= 4 is 11.8 Å². The first-order valence-electron chi connectivity index (χ1n) is 8.06. The molecule has 3 heterocycles. The fraction of sp³-hybridized carbons (Fsp3) is 0.500. The second-order valence-corrected chi connectivity index (χ2v) is 5.59. The first kappa shape index (κ1) is 16.4. The normalized spacial score (nSPS) is 15.5. The van der Waals surface area contributed by atoms with Crippen LogP contribution in [0.5, 0.6) is 0 Å². The fourth-order valence-electron chi connectivity index (χ4n) is 2.74. The average Bonchev–Trinajstić information content (AvgIpc) is 3.01. The maximum absolute atomic E-state index is 12.1. The number of ether oxygens (including phenoxy) is 1. The molecule has 8 heteroatoms. The molecule has 24 heavy (non-hydrogen) atoms. The molecular weight excluding hydrogens is 310 g/mol. The monoisotopic (exact) mass is 331 g/mol. The highest BCUT2D eigenvalue weighted by molar-refractivity contribution is 5.94. The Balaban J connectivity index is 1.63. The van der Waals surface area contributed by atoms with Crippen molar-refractivity contribution in [2.45, 2.75) is 20.4 Å². The largest absolute Gasteiger partial charge is 0.462 e. The number of aromatic nitrogens is 3. The lowest BCUT2D eigenvalue weighted by molar-refractivity contribution is 0.0526. The molecule has 0 aliphatic carbocycles. The topological polar surface area (TPSA) is 84.6 Å². The quantitative estimate of drug-likeness (QED) is 0.757. The van der Waals surface area contributed by atoms with Crippen LogP contribution in [0.1, 0.15) is 29.0 Å². The van der Waals surface area contributed by atoms with Crippen LogP contribution in [0.25, 0.3) is 0 Å². The minimum Gasteiger partial charge on any atom is -0.462 e. The molecule has 0 bridgehead atoms. The van der Waals surface area contributed by atoms with Gasteiger partial charge in [-0.05, 0) is 19.1 Å². The number of hydrogen-bond donors (Lipinski definition) is 0. The molecule has 0 unspecified atom stereocenters. The molecule has 8 nitrogen and oxygen atoms in total. The van der Waals surface area contributed by atoms with Gasteiger partial charge in [0.2, 0.25) is 5.89 Å². The van der Waals surface area contributed by atoms with E-state index < -0.39 is 0 Å². The van der Waals surface area contributed by atoms with E-state index in [2.05, 4.69) is 24.9 Å². The molecule has 0 atom stereocenters. The highest BCUT2D eigenvalue weighted by Gasteiger charge is 2.23. The maximum Gasteiger partial charge on any atom is 0.341 e. The SMILES string of the molecule is CCOC(=O)c1cccnc1N1CCN(Cc2noc(C)n2)CC1. The number of esters is 1. The predicted molar refractivity (Wildman–Crippen MR) is 86.7 cm³/mol. The van der Waals surface area contributed by atoms with E-state index in [1.54, 1.807) is 32.2 Å². The summed E-state index contributed by atoms with van der Waals surface area (Å²) >= 11 is 0. The lowest BCUT2D eigenvalue weighted by Gasteiger charge is -2.35. The second kappa shape index (κ2) is 7.39. The summed E-state index contributed by atoms with van der Waals surface area (Å²) in [5.74, 6) is 1.64. The van der Waals surface area contributed by atoms with E-state index in [1.807, 2.05) is 0 Å². The number of anilines is 1. The molecule has 0 spiro atoms. The van der Waals surface area contributed by atoms with Gasteiger partial charge in [-0.1, -0.05) is 5.16 Å². The van der Waals surface area contributed by atoms with Crippen LogP contribution in [-0.2, 0) is 11.3 Å². The van der Waals surface area contributed by atoms with Crippen molar-refractivity contribution in [1.82, 2.24) is 20.0 Å². The van der Waals surface area contributed by atoms with Gasteiger partial charge in [0, 0.05) is 39.3 Å². The molecule has 3 rings (SSSR count). The van der Waals surface area contributed by atoms with Gasteiger partial charge in [-0.3, -0.25) is 4.90 Å². The minimum atomic E-state index is -0.328. The third-order valence-corrected chi connectivity index (χ3v) is 3.89. The number of pyridine rings is 1. The smallest absolute Gasteiger partial charge is 0.341 e. The van der Waals surface area contributed by atoms with E-state index in [9.17, 15) is 4.79 Å². The number of piperazine rings is 1. The number of hydrogen-bond acceptors (Lipinski definition) is 8. The Bertz CT molecular complexity index is 695. The summed E-state index contributed by atoms with van der Waals surface area (Å²) < 4.78 is 10.1. The second-order valence-electron chi connectivity index (χ2n) is 5.59. The molecule has 1 saturated heterocycles. The summed E-state index contributed by atoms with van der Waals surface area (Å²) in [7, 11) is 0. The Hall–Kier alpha value is -2.48. The third-order valence-electron chi connectivity index (χ3n) is 3.89. The Morgan fingerprint density at radius 2 is 2.12 bits per heavy atom. The van der Waals surface area contributed by atoms with E-state index >= 15 is 0 Å². The van der Waals surface area contributed by atoms with Crippen molar-refractivity contribution in [2.24, 2.45) is 0 Å². The predicted octanol–water partition coefficient (Wildman–Crippen LogP) is 1.27. The molecule has 128 valence electrons. The first-order chi connectivity index (χ1) is 11.7. The zero-order valence-electron chi connectivity index (χ0n) is 13.9. The summed E-state index contributed by atoms with van der Waals surface area (Å²) in [5, 5.41) is 3.93. The third kappa shape index (κ3) is 3.70. The number of aryl methyl sites for hydroxylation is 1. The number of carbonyl (C=O) groups is 1. The van der Waals surface area contributed by atoms with E-state index in [0.29, 0.717) is 36.2 Å². The van der Waals surface area contributed by atoms with Gasteiger partial charge in [0.25, 0.3) is 0 Å². The van der Waals surface area contributed by atoms with Crippen molar-refractivity contribution < 1.29 is 14.1 Å². The molecule has 1 aliphatic rings. The van der Waals surface area contributed by atoms with Gasteiger partial charge in [-0.2, -0.15) is 4.98 Å². The van der Waals surface area contributed by atoms with Gasteiger partial charge in [-0.25, -0.2) is 9.78 Å². The summed E-state index contributed by atoms with van der Waals surface area (Å²) in [5.41, 5.74) is 0.515. The number of carbonyl (C=O) groups excluding carboxylic acids is 1. The first-order valence-corrected chi connectivity index (χ1v) is 8.06. The summed E-state index contributed by atoms with van der Waals surface area (Å²) in [4.78, 5) is 25.1. The summed E-state index contributed by atoms with van der Waals surface area (Å²) in [6.45, 7) is 7.83. The van der Waals surface area contributed by atoms with Crippen molar-refractivity contribution in [3.05, 3.63) is 35.6 Å². The Morgan fingerprint density at radius 3 is 2.79 bits per heavy atom. The van der Waals surface area contributed by atoms with E-state index in [4.69, 9.17) is 9.26 Å². The molecule has 0 N–H and O–H groups in total. The van der Waals surface area contributed by atoms with Crippen LogP contribution in [0.2, 0.25) is 0 Å². The van der Waals surface area contributed by atoms with Crippen LogP contribution in [0.4, 0.5) is 5.82 Å². The lowest BCUT2D eigenvalue weighted by Crippen LogP contribution is -2.46. The lowest BCUT2D eigenvalue weighted by atomic mass is 10.2. The minimum absolute atomic E-state index is 0.328. The van der Waals surface area contributed by atoms with Gasteiger partial charge in [0.05, 0.1) is 13.2 Å². The van der Waals surface area contributed by atoms with Crippen LogP contribution < -0.4 is 4.90 Å². The summed E-state index contributed by atoms with van der Waals surface area (Å²) in [6, 6.07) is 3.51. The highest BCUT2D eigenvalue weighted by Crippen LogP contribution is 2.20. The Labute approximate surface area is 140 Å². The van der Waals surface area contributed by atoms with Crippen molar-refractivity contribution in [3.63, 3.8) is 0 Å². The Kier molecular flexibility index (Phi) is 5.05. The van der Waals surface area contributed by atoms with E-state index in [0.717, 1.165) is 26.2 Å². The van der Waals surface area contributed by atoms with Gasteiger partial charge >= 0.3 is 5.97 Å². The maximum atomic E-state index is 12.1. The highest BCUT2D eigenvalue weighted by atomic mass is 16.5. The molecule has 0 radical (unpaired) electrons. The molecule has 0 saturated carbocycles. The zero-order chi connectivity index (χ0) is 16.9. The summed E-state index contributed by atoms with van der Waals surface area (Å²) in [6.07, 6.45) is 1.70. The molecule has 1 fully saturated rings. The molecular formula is C16H21N5O3. The van der Waals surface area contributed by atoms with Crippen LogP contribution in [0.15, 0.2) is 22.9 Å². The van der Waals surface area contributed by atoms with Crippen LogP contribution in [-0.4, -0.2) is 58.8 Å². The molecule has 0 aromatic carbocycles. The van der Waals surface area contributed by atoms with Crippen LogP contribution >= 0.6 is 0 Å². The van der Waals surface area contributed by atoms with Crippen molar-refractivity contribution in [2.75, 3.05) is 37.7 Å². The van der Waals surface area contributed by atoms with Gasteiger partial charge < -0.3 is 14.2 Å². The number of nitrogens with zero attached hydrogens (tertiary/aromatic N) is 5. The molecule has 1 aliphatic heterocycles. The van der Waals surface area contributed by atoms with E-state index in [1.165, 1.54) is 0 Å². The zero-order valence-corrected chi connectivity index (χ0v) is 13.9. The van der Waals surface area contributed by atoms with Crippen LogP contribution in [0, 0.1) is 6.92 Å². The number of rotatable bonds is 5. The van der Waals surface area contributed by atoms with Gasteiger partial charge in [0.15, 0.2) is 5.82 Å². The Morgan fingerprint density at radius 1 is 1.33 bits per heavy atom. The molecule has 2 aromatic rings. The van der Waals surface area contributed by atoms with E-state index in [-0.39, 0.29) is 5.97 Å². The molecule has 0 amide bonds. The average molecular weight is 331 g/mol. The fourth-order valence-corrected chi connectivity index (χ4v) is 2.74. The standard InChI is InChI=1S/C16H21N5O3/c1-3-23-16(22)13-5-4-6-17-15(13)21-9-7-20(8-10-21)11-14-18-12(2)24-19-14/h4-6H,3,7-11H2,1-2H3. The van der Waals surface area contributed by atoms with Gasteiger partial charge in [0.1, 0.15) is 11.4 Å². The van der Waals surface area contributed by atoms with Crippen LogP contribution in [0.3, 0.4) is 0 Å². The van der Waals surface area contributed by atoms with Crippen molar-refractivity contribution in [1.29, 1.82) is 0 Å². The van der Waals surface area contributed by atoms with Crippen molar-refractivity contribution in [3.8, 4) is 0 Å². The van der Waals surface area contributed by atoms with Gasteiger partial charge in [-0.15, -0.1) is 0 Å².